The Morgan fingerprint density at radius 2 is 1.91 bits per heavy atom. The molecule has 0 saturated heterocycles. The average molecular weight is 457 g/mol. The lowest BCUT2D eigenvalue weighted by Crippen LogP contribution is -2.31. The van der Waals surface area contributed by atoms with E-state index in [4.69, 9.17) is 4.74 Å². The molecule has 0 unspecified atom stereocenters. The summed E-state index contributed by atoms with van der Waals surface area (Å²) >= 11 is 0. The van der Waals surface area contributed by atoms with Gasteiger partial charge in [0.15, 0.2) is 6.61 Å². The third kappa shape index (κ3) is 5.40. The van der Waals surface area contributed by atoms with E-state index in [-0.39, 0.29) is 12.5 Å². The van der Waals surface area contributed by atoms with Crippen LogP contribution in [0.2, 0.25) is 0 Å². The second kappa shape index (κ2) is 10.4. The quantitative estimate of drug-likeness (QED) is 0.439. The maximum atomic E-state index is 12.1. The van der Waals surface area contributed by atoms with Gasteiger partial charge in [-0.15, -0.1) is 10.2 Å². The predicted octanol–water partition coefficient (Wildman–Crippen LogP) is 2.62. The maximum Gasteiger partial charge on any atom is 0.257 e. The number of aromatic nitrogens is 4. The molecule has 8 nitrogen and oxygen atoms in total. The molecule has 1 aliphatic rings. The van der Waals surface area contributed by atoms with Crippen LogP contribution in [-0.4, -0.2) is 56.8 Å². The largest absolute Gasteiger partial charge is 0.484 e. The Morgan fingerprint density at radius 1 is 1.00 bits per heavy atom. The highest BCUT2D eigenvalue weighted by Crippen LogP contribution is 2.17. The Hall–Kier alpha value is -3.78. The van der Waals surface area contributed by atoms with Gasteiger partial charge in [0, 0.05) is 57.1 Å². The fraction of sp³-hybridized carbons (Fsp3) is 0.308. The van der Waals surface area contributed by atoms with Crippen LogP contribution in [0.4, 0.5) is 0 Å². The summed E-state index contributed by atoms with van der Waals surface area (Å²) in [6, 6.07) is 19.9. The second-order valence-electron chi connectivity index (χ2n) is 8.44. The van der Waals surface area contributed by atoms with Crippen molar-refractivity contribution in [2.24, 2.45) is 0 Å². The summed E-state index contributed by atoms with van der Waals surface area (Å²) in [7, 11) is 0. The number of rotatable bonds is 8. The fourth-order valence-electron chi connectivity index (χ4n) is 4.27. The number of benzene rings is 2. The van der Waals surface area contributed by atoms with Crippen molar-refractivity contribution >= 4 is 16.8 Å². The van der Waals surface area contributed by atoms with Gasteiger partial charge in [0.25, 0.3) is 5.91 Å². The van der Waals surface area contributed by atoms with Crippen LogP contribution in [0.5, 0.6) is 5.75 Å². The van der Waals surface area contributed by atoms with E-state index in [2.05, 4.69) is 54.2 Å². The lowest BCUT2D eigenvalue weighted by molar-refractivity contribution is -0.123. The maximum absolute atomic E-state index is 12.1. The second-order valence-corrected chi connectivity index (χ2v) is 8.44. The predicted molar refractivity (Wildman–Crippen MR) is 129 cm³/mol. The minimum absolute atomic E-state index is 0.00120. The highest BCUT2D eigenvalue weighted by molar-refractivity contribution is 5.79. The first-order chi connectivity index (χ1) is 16.7. The van der Waals surface area contributed by atoms with E-state index in [1.807, 2.05) is 42.6 Å². The number of ether oxygens (including phenoxy) is 1. The molecule has 2 aromatic carbocycles. The van der Waals surface area contributed by atoms with Crippen LogP contribution in [0, 0.1) is 0 Å². The molecule has 8 heteroatoms. The molecule has 0 atom stereocenters. The zero-order valence-electron chi connectivity index (χ0n) is 19.1. The first-order valence-electron chi connectivity index (χ1n) is 11.7. The van der Waals surface area contributed by atoms with Crippen LogP contribution in [0.1, 0.15) is 17.2 Å². The van der Waals surface area contributed by atoms with Gasteiger partial charge in [0.05, 0.1) is 5.52 Å². The zero-order chi connectivity index (χ0) is 23.2. The molecule has 0 spiro atoms. The molecule has 2 aromatic heterocycles. The summed E-state index contributed by atoms with van der Waals surface area (Å²) in [6.45, 7) is 4.10. The topological polar surface area (TPSA) is 85.2 Å². The van der Waals surface area contributed by atoms with Gasteiger partial charge in [-0.25, -0.2) is 0 Å². The van der Waals surface area contributed by atoms with Crippen molar-refractivity contribution in [2.45, 2.75) is 25.9 Å². The fourth-order valence-corrected chi connectivity index (χ4v) is 4.27. The third-order valence-electron chi connectivity index (χ3n) is 6.06. The first-order valence-corrected chi connectivity index (χ1v) is 11.7. The van der Waals surface area contributed by atoms with Crippen LogP contribution in [-0.2, 0) is 30.7 Å². The molecule has 0 bridgehead atoms. The van der Waals surface area contributed by atoms with E-state index in [0.717, 1.165) is 55.2 Å². The summed E-state index contributed by atoms with van der Waals surface area (Å²) in [5.41, 5.74) is 2.30. The lowest BCUT2D eigenvalue weighted by atomic mass is 10.1. The Morgan fingerprint density at radius 3 is 2.82 bits per heavy atom. The summed E-state index contributed by atoms with van der Waals surface area (Å²) in [5.74, 6) is 2.47. The highest BCUT2D eigenvalue weighted by atomic mass is 16.5. The van der Waals surface area contributed by atoms with E-state index in [1.54, 1.807) is 0 Å². The molecule has 4 aromatic rings. The first kappa shape index (κ1) is 22.0. The van der Waals surface area contributed by atoms with Gasteiger partial charge in [0.1, 0.15) is 17.4 Å². The molecule has 34 heavy (non-hydrogen) atoms. The molecule has 0 aliphatic carbocycles. The minimum atomic E-state index is -0.143. The number of fused-ring (bicyclic) bond motifs is 2. The van der Waals surface area contributed by atoms with E-state index in [9.17, 15) is 4.79 Å². The Kier molecular flexibility index (Phi) is 6.76. The molecule has 1 N–H and O–H groups in total. The molecule has 174 valence electrons. The van der Waals surface area contributed by atoms with E-state index >= 15 is 0 Å². The van der Waals surface area contributed by atoms with Crippen LogP contribution < -0.4 is 10.1 Å². The van der Waals surface area contributed by atoms with Gasteiger partial charge < -0.3 is 14.6 Å². The molecule has 5 rings (SSSR count). The molecule has 0 fully saturated rings. The van der Waals surface area contributed by atoms with Crippen molar-refractivity contribution in [3.63, 3.8) is 0 Å². The molecule has 1 aliphatic heterocycles. The monoisotopic (exact) mass is 456 g/mol. The number of hydrogen-bond acceptors (Lipinski definition) is 6. The van der Waals surface area contributed by atoms with Crippen LogP contribution in [0.15, 0.2) is 66.9 Å². The molecule has 1 amide bonds. The number of pyridine rings is 1. The van der Waals surface area contributed by atoms with Crippen molar-refractivity contribution < 1.29 is 9.53 Å². The van der Waals surface area contributed by atoms with Crippen LogP contribution >= 0.6 is 0 Å². The number of carbonyl (C=O) groups is 1. The zero-order valence-corrected chi connectivity index (χ0v) is 19.1. The summed E-state index contributed by atoms with van der Waals surface area (Å²) in [6.07, 6.45) is 3.33. The standard InChI is InChI=1S/C26H28N6O2/c33-26(19-34-22-6-2-1-3-7-22)28-13-10-24-29-30-25-11-14-31(15-16-32(24)25)18-20-8-9-21-5-4-12-27-23(21)17-20/h1-9,12,17H,10-11,13-16,18-19H2,(H,28,33). The van der Waals surface area contributed by atoms with Crippen LogP contribution in [0.3, 0.4) is 0 Å². The number of amides is 1. The van der Waals surface area contributed by atoms with Crippen molar-refractivity contribution in [3.05, 3.63) is 84.1 Å². The van der Waals surface area contributed by atoms with E-state index in [1.165, 1.54) is 5.56 Å². The van der Waals surface area contributed by atoms with Crippen molar-refractivity contribution in [1.29, 1.82) is 0 Å². The Bertz CT molecular complexity index is 1260. The highest BCUT2D eigenvalue weighted by Gasteiger charge is 2.19. The number of hydrogen-bond donors (Lipinski definition) is 1. The Balaban J connectivity index is 1.11. The lowest BCUT2D eigenvalue weighted by Gasteiger charge is -2.20. The number of nitrogens with zero attached hydrogens (tertiary/aromatic N) is 5. The van der Waals surface area contributed by atoms with Crippen LogP contribution in [0.25, 0.3) is 10.9 Å². The molecular formula is C26H28N6O2. The van der Waals surface area contributed by atoms with Gasteiger partial charge in [-0.05, 0) is 29.8 Å². The normalized spacial score (nSPS) is 13.9. The average Bonchev–Trinajstić information content (AvgIpc) is 3.15. The smallest absolute Gasteiger partial charge is 0.257 e. The summed E-state index contributed by atoms with van der Waals surface area (Å²) in [4.78, 5) is 19.0. The van der Waals surface area contributed by atoms with Crippen molar-refractivity contribution in [1.82, 2.24) is 30.0 Å². The SMILES string of the molecule is O=C(COc1ccccc1)NCCc1nnc2n1CCN(Cc1ccc3cccnc3c1)CC2. The van der Waals surface area contributed by atoms with Gasteiger partial charge in [0.2, 0.25) is 0 Å². The van der Waals surface area contributed by atoms with Gasteiger partial charge in [-0.2, -0.15) is 0 Å². The number of para-hydroxylation sites is 1. The van der Waals surface area contributed by atoms with E-state index in [0.29, 0.717) is 18.7 Å². The van der Waals surface area contributed by atoms with Gasteiger partial charge in [-0.1, -0.05) is 36.4 Å². The van der Waals surface area contributed by atoms with Crippen molar-refractivity contribution in [2.75, 3.05) is 26.2 Å². The molecular weight excluding hydrogens is 428 g/mol. The molecule has 0 saturated carbocycles. The van der Waals surface area contributed by atoms with Gasteiger partial charge in [-0.3, -0.25) is 14.7 Å². The number of carbonyl (C=O) groups excluding carboxylic acids is 1. The van der Waals surface area contributed by atoms with E-state index < -0.39 is 0 Å². The molecule has 0 radical (unpaired) electrons. The summed E-state index contributed by atoms with van der Waals surface area (Å²) < 4.78 is 7.70. The number of nitrogens with one attached hydrogen (secondary N) is 1. The summed E-state index contributed by atoms with van der Waals surface area (Å²) in [5, 5.41) is 12.9. The van der Waals surface area contributed by atoms with Crippen molar-refractivity contribution in [3.8, 4) is 5.75 Å². The Labute approximate surface area is 198 Å². The minimum Gasteiger partial charge on any atom is -0.484 e. The van der Waals surface area contributed by atoms with Gasteiger partial charge >= 0.3 is 0 Å². The third-order valence-corrected chi connectivity index (χ3v) is 6.06. The molecule has 3 heterocycles.